The summed E-state index contributed by atoms with van der Waals surface area (Å²) in [4.78, 5) is 13.7. The van der Waals surface area contributed by atoms with Crippen molar-refractivity contribution < 1.29 is 32.0 Å². The van der Waals surface area contributed by atoms with Gasteiger partial charge >= 0.3 is 0 Å². The van der Waals surface area contributed by atoms with Crippen LogP contribution in [0.1, 0.15) is 42.1 Å². The van der Waals surface area contributed by atoms with E-state index in [0.717, 1.165) is 0 Å². The lowest BCUT2D eigenvalue weighted by molar-refractivity contribution is 0.0938. The van der Waals surface area contributed by atoms with Gasteiger partial charge in [-0.1, -0.05) is 36.2 Å². The maximum absolute atomic E-state index is 13.7. The predicted octanol–water partition coefficient (Wildman–Crippen LogP) is 4.56. The lowest BCUT2D eigenvalue weighted by atomic mass is 9.65. The fraction of sp³-hybridized carbons (Fsp3) is 0.458. The van der Waals surface area contributed by atoms with Crippen molar-refractivity contribution in [3.8, 4) is 17.2 Å². The first-order valence-electron chi connectivity index (χ1n) is 11.0. The summed E-state index contributed by atoms with van der Waals surface area (Å²) in [6, 6.07) is 7.82. The van der Waals surface area contributed by atoms with Crippen LogP contribution >= 0.6 is 23.2 Å². The number of nitrogens with one attached hydrogen (secondary N) is 1. The van der Waals surface area contributed by atoms with Crippen molar-refractivity contribution in [2.45, 2.75) is 36.3 Å². The first-order valence-corrected chi connectivity index (χ1v) is 13.2. The molecule has 0 aliphatic carbocycles. The molecule has 2 aromatic carbocycles. The number of ether oxygens (including phenoxy) is 3. The zero-order valence-electron chi connectivity index (χ0n) is 20.0. The van der Waals surface area contributed by atoms with Gasteiger partial charge in [-0.3, -0.25) is 9.35 Å². The molecule has 0 radical (unpaired) electrons. The van der Waals surface area contributed by atoms with E-state index < -0.39 is 32.5 Å². The highest BCUT2D eigenvalue weighted by Crippen LogP contribution is 2.51. The van der Waals surface area contributed by atoms with E-state index in [0.29, 0.717) is 29.3 Å². The Kier molecular flexibility index (Phi) is 8.28. The monoisotopic (exact) mass is 545 g/mol. The van der Waals surface area contributed by atoms with Crippen molar-refractivity contribution in [2.24, 2.45) is 0 Å². The van der Waals surface area contributed by atoms with Crippen LogP contribution < -0.4 is 19.5 Å². The number of carbonyl (C=O) groups is 1. The topological polar surface area (TPSA) is 111 Å². The van der Waals surface area contributed by atoms with Crippen molar-refractivity contribution in [2.75, 3.05) is 34.4 Å². The molecule has 1 heterocycles. The number of hydrogen-bond acceptors (Lipinski definition) is 7. The number of rotatable bonds is 10. The number of benzene rings is 2. The van der Waals surface area contributed by atoms with Crippen LogP contribution in [0, 0.1) is 0 Å². The van der Waals surface area contributed by atoms with Gasteiger partial charge in [-0.15, -0.1) is 0 Å². The maximum atomic E-state index is 13.7. The average Bonchev–Trinajstić information content (AvgIpc) is 3.33. The van der Waals surface area contributed by atoms with Gasteiger partial charge in [0.05, 0.1) is 31.4 Å². The molecule has 3 rings (SSSR count). The molecule has 2 atom stereocenters. The smallest absolute Gasteiger partial charge is 0.272 e. The van der Waals surface area contributed by atoms with Gasteiger partial charge in [-0.25, -0.2) is 0 Å². The summed E-state index contributed by atoms with van der Waals surface area (Å²) in [5.41, 5.74) is -0.398. The van der Waals surface area contributed by atoms with Gasteiger partial charge in [-0.2, -0.15) is 8.42 Å². The van der Waals surface area contributed by atoms with Gasteiger partial charge in [-0.05, 0) is 49.2 Å². The Hall–Kier alpha value is -2.04. The van der Waals surface area contributed by atoms with E-state index in [9.17, 15) is 17.8 Å². The number of ketones is 1. The van der Waals surface area contributed by atoms with Crippen molar-refractivity contribution in [3.63, 3.8) is 0 Å². The van der Waals surface area contributed by atoms with Crippen molar-refractivity contribution in [1.82, 2.24) is 5.32 Å². The van der Waals surface area contributed by atoms with Crippen LogP contribution in [0.25, 0.3) is 0 Å². The van der Waals surface area contributed by atoms with E-state index in [4.69, 9.17) is 37.4 Å². The molecule has 0 amide bonds. The molecule has 2 N–H and O–H groups in total. The zero-order chi connectivity index (χ0) is 26.0. The van der Waals surface area contributed by atoms with Crippen molar-refractivity contribution >= 4 is 39.1 Å². The predicted molar refractivity (Wildman–Crippen MR) is 135 cm³/mol. The fourth-order valence-electron chi connectivity index (χ4n) is 5.14. The first-order chi connectivity index (χ1) is 16.5. The SMILES string of the molecule is CCC(CC(=O)c1cc(OC)c(OC)c(OC)c1)(C1(c2ccc(Cl)c(Cl)c2)CCNC1)S(=O)(=O)O. The minimum atomic E-state index is -4.76. The summed E-state index contributed by atoms with van der Waals surface area (Å²) in [7, 11) is -0.480. The molecule has 1 saturated heterocycles. The van der Waals surface area contributed by atoms with Crippen LogP contribution in [0.4, 0.5) is 0 Å². The fourth-order valence-corrected chi connectivity index (χ4v) is 6.90. The minimum Gasteiger partial charge on any atom is -0.493 e. The van der Waals surface area contributed by atoms with Gasteiger partial charge in [0.1, 0.15) is 4.75 Å². The van der Waals surface area contributed by atoms with E-state index in [1.165, 1.54) is 33.5 Å². The lowest BCUT2D eigenvalue weighted by Gasteiger charge is -2.46. The molecule has 1 aliphatic heterocycles. The normalized spacial score (nSPS) is 19.7. The number of halogens is 2. The van der Waals surface area contributed by atoms with E-state index in [1.54, 1.807) is 25.1 Å². The minimum absolute atomic E-state index is 0.0239. The number of methoxy groups -OCH3 is 3. The van der Waals surface area contributed by atoms with Crippen LogP contribution in [0.15, 0.2) is 30.3 Å². The molecule has 2 unspecified atom stereocenters. The zero-order valence-corrected chi connectivity index (χ0v) is 22.3. The molecule has 1 fully saturated rings. The third-order valence-electron chi connectivity index (χ3n) is 7.00. The van der Waals surface area contributed by atoms with Crippen LogP contribution in [0.3, 0.4) is 0 Å². The standard InChI is InChI=1S/C24H29Cl2NO7S/c1-5-24(35(29,30)31,23(8-9-27-14-23)16-6-7-17(25)18(26)12-16)13-19(28)15-10-20(32-2)22(34-4)21(11-15)33-3/h6-7,10-12,27H,5,8-9,13-14H2,1-4H3,(H,29,30,31). The molecule has 8 nitrogen and oxygen atoms in total. The Morgan fingerprint density at radius 3 is 2.14 bits per heavy atom. The second-order valence-electron chi connectivity index (χ2n) is 8.47. The summed E-state index contributed by atoms with van der Waals surface area (Å²) in [5, 5.41) is 3.78. The molecule has 0 bridgehead atoms. The molecule has 0 saturated carbocycles. The number of carbonyl (C=O) groups excluding carboxylic acids is 1. The average molecular weight is 546 g/mol. The highest BCUT2D eigenvalue weighted by atomic mass is 35.5. The Bertz CT molecular complexity index is 1190. The van der Waals surface area contributed by atoms with E-state index in [2.05, 4.69) is 5.32 Å². The molecular weight excluding hydrogens is 517 g/mol. The second-order valence-corrected chi connectivity index (χ2v) is 11.0. The quantitative estimate of drug-likeness (QED) is 0.330. The van der Waals surface area contributed by atoms with Crippen LogP contribution in [0.5, 0.6) is 17.2 Å². The van der Waals surface area contributed by atoms with Crippen LogP contribution in [-0.2, 0) is 15.5 Å². The number of hydrogen-bond donors (Lipinski definition) is 2. The molecule has 1 aliphatic rings. The van der Waals surface area contributed by atoms with Gasteiger partial charge in [0, 0.05) is 23.9 Å². The molecule has 0 aromatic heterocycles. The lowest BCUT2D eigenvalue weighted by Crippen LogP contribution is -2.58. The third kappa shape index (κ3) is 4.72. The van der Waals surface area contributed by atoms with Crippen molar-refractivity contribution in [3.05, 3.63) is 51.5 Å². The largest absolute Gasteiger partial charge is 0.493 e. The summed E-state index contributed by atoms with van der Waals surface area (Å²) in [6.07, 6.45) is -0.145. The highest BCUT2D eigenvalue weighted by Gasteiger charge is 2.61. The summed E-state index contributed by atoms with van der Waals surface area (Å²) in [5.74, 6) is 0.308. The summed E-state index contributed by atoms with van der Waals surface area (Å²) in [6.45, 7) is 2.37. The highest BCUT2D eigenvalue weighted by molar-refractivity contribution is 7.87. The van der Waals surface area contributed by atoms with Crippen LogP contribution in [-0.4, -0.2) is 57.9 Å². The third-order valence-corrected chi connectivity index (χ3v) is 9.55. The van der Waals surface area contributed by atoms with Crippen molar-refractivity contribution in [1.29, 1.82) is 0 Å². The molecule has 2 aromatic rings. The Morgan fingerprint density at radius 2 is 1.71 bits per heavy atom. The maximum Gasteiger partial charge on any atom is 0.272 e. The Morgan fingerprint density at radius 1 is 1.09 bits per heavy atom. The molecule has 35 heavy (non-hydrogen) atoms. The van der Waals surface area contributed by atoms with E-state index in [-0.39, 0.29) is 35.1 Å². The molecular formula is C24H29Cl2NO7S. The van der Waals surface area contributed by atoms with Gasteiger partial charge in [0.15, 0.2) is 17.3 Å². The van der Waals surface area contributed by atoms with Crippen LogP contribution in [0.2, 0.25) is 10.0 Å². The summed E-state index contributed by atoms with van der Waals surface area (Å²) >= 11 is 12.4. The van der Waals surface area contributed by atoms with Gasteiger partial charge < -0.3 is 19.5 Å². The van der Waals surface area contributed by atoms with Gasteiger partial charge in [0.2, 0.25) is 5.75 Å². The Balaban J connectivity index is 2.20. The first kappa shape index (κ1) is 27.5. The summed E-state index contributed by atoms with van der Waals surface area (Å²) < 4.78 is 51.2. The van der Waals surface area contributed by atoms with E-state index in [1.807, 2.05) is 0 Å². The molecule has 11 heteroatoms. The second kappa shape index (κ2) is 10.5. The molecule has 192 valence electrons. The number of Topliss-reactive ketones (excluding diaryl/α,β-unsaturated/α-hetero) is 1. The Labute approximate surface area is 215 Å². The van der Waals surface area contributed by atoms with Gasteiger partial charge in [0.25, 0.3) is 10.1 Å². The molecule has 0 spiro atoms. The van der Waals surface area contributed by atoms with E-state index >= 15 is 0 Å².